The van der Waals surface area contributed by atoms with Crippen molar-refractivity contribution in [3.05, 3.63) is 16.1 Å². The van der Waals surface area contributed by atoms with Gasteiger partial charge in [0, 0.05) is 17.2 Å². The van der Waals surface area contributed by atoms with Crippen LogP contribution in [0, 0.1) is 12.3 Å². The fourth-order valence-electron chi connectivity index (χ4n) is 2.92. The maximum atomic E-state index is 4.79. The van der Waals surface area contributed by atoms with Crippen LogP contribution in [0.2, 0.25) is 0 Å². The molecule has 1 aliphatic heterocycles. The van der Waals surface area contributed by atoms with E-state index < -0.39 is 0 Å². The highest BCUT2D eigenvalue weighted by Gasteiger charge is 2.34. The second-order valence-electron chi connectivity index (χ2n) is 5.69. The minimum atomic E-state index is 0.522. The Balaban J connectivity index is 1.55. The summed E-state index contributed by atoms with van der Waals surface area (Å²) in [5, 5.41) is 4.60. The maximum absolute atomic E-state index is 4.79. The van der Waals surface area contributed by atoms with Crippen LogP contribution >= 0.6 is 23.1 Å². The molecule has 0 bridgehead atoms. The number of nitrogens with zero attached hydrogens (tertiary/aromatic N) is 2. The lowest BCUT2D eigenvalue weighted by atomic mass is 9.75. The summed E-state index contributed by atoms with van der Waals surface area (Å²) in [6.45, 7) is 3.97. The van der Waals surface area contributed by atoms with Gasteiger partial charge in [0.25, 0.3) is 0 Å². The summed E-state index contributed by atoms with van der Waals surface area (Å²) in [6.07, 6.45) is 6.99. The fraction of sp³-hybridized carbons (Fsp3) is 0.714. The van der Waals surface area contributed by atoms with Crippen LogP contribution in [0.4, 0.5) is 0 Å². The van der Waals surface area contributed by atoms with Crippen LogP contribution in [0.1, 0.15) is 42.7 Å². The zero-order chi connectivity index (χ0) is 13.1. The number of thiazole rings is 1. The molecule has 1 aromatic heterocycles. The Bertz CT molecular complexity index is 461. The zero-order valence-electron chi connectivity index (χ0n) is 11.4. The molecule has 2 aliphatic rings. The molecule has 0 amide bonds. The summed E-state index contributed by atoms with van der Waals surface area (Å²) >= 11 is 3.64. The minimum absolute atomic E-state index is 0.522. The van der Waals surface area contributed by atoms with Crippen LogP contribution < -0.4 is 5.32 Å². The summed E-state index contributed by atoms with van der Waals surface area (Å²) in [6, 6.07) is 0. The first-order valence-corrected chi connectivity index (χ1v) is 8.94. The second kappa shape index (κ2) is 5.83. The van der Waals surface area contributed by atoms with Gasteiger partial charge in [-0.1, -0.05) is 31.0 Å². The molecule has 1 N–H and O–H groups in total. The number of rotatable bonds is 2. The lowest BCUT2D eigenvalue weighted by Gasteiger charge is -2.38. The monoisotopic (exact) mass is 295 g/mol. The van der Waals surface area contributed by atoms with Crippen molar-refractivity contribution in [1.82, 2.24) is 10.3 Å². The summed E-state index contributed by atoms with van der Waals surface area (Å²) in [5.41, 5.74) is 3.58. The number of aryl methyl sites for hydroxylation is 1. The highest BCUT2D eigenvalue weighted by molar-refractivity contribution is 8.13. The Labute approximate surface area is 123 Å². The molecule has 3 rings (SSSR count). The van der Waals surface area contributed by atoms with Crippen LogP contribution in [0.5, 0.6) is 0 Å². The number of nitrogens with one attached hydrogen (secondary N) is 1. The highest BCUT2D eigenvalue weighted by Crippen LogP contribution is 2.41. The average Bonchev–Trinajstić information content (AvgIpc) is 2.85. The van der Waals surface area contributed by atoms with Crippen molar-refractivity contribution in [1.29, 1.82) is 0 Å². The minimum Gasteiger partial charge on any atom is -0.360 e. The third-order valence-corrected chi connectivity index (χ3v) is 6.47. The summed E-state index contributed by atoms with van der Waals surface area (Å²) < 4.78 is 0. The standard InChI is InChI=1S/C14H21N3S2/c1-11-12(19-10-17-11)7-15-13-16-8-14(9-18-13)5-3-2-4-6-14/h10H,2-9H2,1H3,(H,15,16). The molecule has 104 valence electrons. The van der Waals surface area contributed by atoms with Gasteiger partial charge in [-0.15, -0.1) is 11.3 Å². The number of hydrogen-bond donors (Lipinski definition) is 1. The average molecular weight is 295 g/mol. The van der Waals surface area contributed by atoms with E-state index in [-0.39, 0.29) is 0 Å². The van der Waals surface area contributed by atoms with Crippen LogP contribution in [-0.4, -0.2) is 22.4 Å². The van der Waals surface area contributed by atoms with Gasteiger partial charge in [0.2, 0.25) is 0 Å². The van der Waals surface area contributed by atoms with E-state index in [1.807, 2.05) is 17.3 Å². The van der Waals surface area contributed by atoms with Crippen molar-refractivity contribution in [2.45, 2.75) is 45.6 Å². The van der Waals surface area contributed by atoms with Crippen LogP contribution in [0.25, 0.3) is 0 Å². The molecule has 0 atom stereocenters. The number of amidine groups is 1. The van der Waals surface area contributed by atoms with Crippen LogP contribution in [-0.2, 0) is 6.54 Å². The number of aromatic nitrogens is 1. The predicted octanol–water partition coefficient (Wildman–Crippen LogP) is 3.59. The Morgan fingerprint density at radius 2 is 2.16 bits per heavy atom. The van der Waals surface area contributed by atoms with Crippen molar-refractivity contribution in [3.8, 4) is 0 Å². The molecule has 0 radical (unpaired) electrons. The van der Waals surface area contributed by atoms with Gasteiger partial charge in [0.05, 0.1) is 17.7 Å². The first kappa shape index (κ1) is 13.4. The van der Waals surface area contributed by atoms with E-state index in [0.29, 0.717) is 5.41 Å². The normalized spacial score (nSPS) is 22.3. The molecule has 1 fully saturated rings. The van der Waals surface area contributed by atoms with Gasteiger partial charge >= 0.3 is 0 Å². The molecular formula is C14H21N3S2. The van der Waals surface area contributed by atoms with Gasteiger partial charge in [-0.05, 0) is 25.2 Å². The molecule has 5 heteroatoms. The molecule has 1 aromatic rings. The maximum Gasteiger partial charge on any atom is 0.156 e. The van der Waals surface area contributed by atoms with E-state index in [9.17, 15) is 0 Å². The molecular weight excluding hydrogens is 274 g/mol. The van der Waals surface area contributed by atoms with Crippen molar-refractivity contribution >= 4 is 28.3 Å². The van der Waals surface area contributed by atoms with E-state index in [0.717, 1.165) is 24.0 Å². The third-order valence-electron chi connectivity index (χ3n) is 4.23. The Kier molecular flexibility index (Phi) is 4.12. The molecule has 1 saturated carbocycles. The Morgan fingerprint density at radius 1 is 1.32 bits per heavy atom. The lowest BCUT2D eigenvalue weighted by Crippen LogP contribution is -2.36. The number of hydrogen-bond acceptors (Lipinski definition) is 5. The van der Waals surface area contributed by atoms with Gasteiger partial charge in [0.1, 0.15) is 0 Å². The summed E-state index contributed by atoms with van der Waals surface area (Å²) in [5.74, 6) is 1.25. The largest absolute Gasteiger partial charge is 0.360 e. The van der Waals surface area contributed by atoms with Gasteiger partial charge in [-0.3, -0.25) is 4.99 Å². The van der Waals surface area contributed by atoms with E-state index >= 15 is 0 Å². The van der Waals surface area contributed by atoms with E-state index in [4.69, 9.17) is 4.99 Å². The summed E-state index contributed by atoms with van der Waals surface area (Å²) in [7, 11) is 0. The van der Waals surface area contributed by atoms with Gasteiger partial charge in [-0.2, -0.15) is 0 Å². The van der Waals surface area contributed by atoms with Crippen molar-refractivity contribution in [2.24, 2.45) is 10.4 Å². The van der Waals surface area contributed by atoms with Gasteiger partial charge in [-0.25, -0.2) is 4.98 Å². The number of thioether (sulfide) groups is 1. The van der Waals surface area contributed by atoms with Gasteiger partial charge in [0.15, 0.2) is 5.17 Å². The number of aliphatic imine (C=N–C) groups is 1. The quantitative estimate of drug-likeness (QED) is 0.906. The van der Waals surface area contributed by atoms with E-state index in [1.54, 1.807) is 11.3 Å². The van der Waals surface area contributed by atoms with Crippen molar-refractivity contribution in [3.63, 3.8) is 0 Å². The smallest absolute Gasteiger partial charge is 0.156 e. The first-order chi connectivity index (χ1) is 9.27. The third kappa shape index (κ3) is 3.14. The van der Waals surface area contributed by atoms with Crippen LogP contribution in [0.15, 0.2) is 10.5 Å². The Hall–Kier alpha value is -0.550. The fourth-order valence-corrected chi connectivity index (χ4v) is 4.78. The SMILES string of the molecule is Cc1ncsc1CNC1=NCC2(CCCCC2)CS1. The second-order valence-corrected chi connectivity index (χ2v) is 7.59. The Morgan fingerprint density at radius 3 is 2.79 bits per heavy atom. The zero-order valence-corrected chi connectivity index (χ0v) is 13.1. The summed E-state index contributed by atoms with van der Waals surface area (Å²) in [4.78, 5) is 10.4. The molecule has 2 heterocycles. The molecule has 0 unspecified atom stereocenters. The predicted molar refractivity (Wildman–Crippen MR) is 84.0 cm³/mol. The first-order valence-electron chi connectivity index (χ1n) is 7.08. The molecule has 0 saturated heterocycles. The van der Waals surface area contributed by atoms with E-state index in [1.165, 1.54) is 42.7 Å². The molecule has 1 spiro atoms. The van der Waals surface area contributed by atoms with Crippen molar-refractivity contribution < 1.29 is 0 Å². The van der Waals surface area contributed by atoms with Gasteiger partial charge < -0.3 is 5.32 Å². The van der Waals surface area contributed by atoms with Crippen LogP contribution in [0.3, 0.4) is 0 Å². The lowest BCUT2D eigenvalue weighted by molar-refractivity contribution is 0.232. The molecule has 3 nitrogen and oxygen atoms in total. The molecule has 19 heavy (non-hydrogen) atoms. The molecule has 0 aromatic carbocycles. The topological polar surface area (TPSA) is 37.3 Å². The van der Waals surface area contributed by atoms with E-state index in [2.05, 4.69) is 17.2 Å². The highest BCUT2D eigenvalue weighted by atomic mass is 32.2. The van der Waals surface area contributed by atoms with Crippen molar-refractivity contribution in [2.75, 3.05) is 12.3 Å². The molecule has 1 aliphatic carbocycles.